The van der Waals surface area contributed by atoms with E-state index in [-0.39, 0.29) is 0 Å². The highest BCUT2D eigenvalue weighted by Gasteiger charge is 2.21. The van der Waals surface area contributed by atoms with E-state index in [9.17, 15) is 0 Å². The Labute approximate surface area is 256 Å². The van der Waals surface area contributed by atoms with Gasteiger partial charge in [-0.25, -0.2) is 9.97 Å². The number of para-hydroxylation sites is 1. The maximum absolute atomic E-state index is 5.37. The lowest BCUT2D eigenvalue weighted by molar-refractivity contribution is 1.02. The molecule has 3 heterocycles. The molecule has 0 amide bonds. The molecule has 4 heteroatoms. The van der Waals surface area contributed by atoms with Crippen LogP contribution in [0.5, 0.6) is 0 Å². The molecule has 0 N–H and O–H groups in total. The third-order valence-electron chi connectivity index (χ3n) is 9.01. The normalized spacial score (nSPS) is 12.1. The molecule has 0 spiro atoms. The predicted molar refractivity (Wildman–Crippen MR) is 187 cm³/mol. The Hall–Kier alpha value is -5.58. The molecule has 0 radical (unpaired) electrons. The maximum atomic E-state index is 5.37. The fourth-order valence-corrected chi connectivity index (χ4v) is 8.18. The highest BCUT2D eigenvalue weighted by Crippen LogP contribution is 2.42. The minimum atomic E-state index is 0.694. The second kappa shape index (κ2) is 8.96. The first-order chi connectivity index (χ1) is 21.8. The zero-order chi connectivity index (χ0) is 28.8. The fourth-order valence-electron chi connectivity index (χ4n) is 7.11. The summed E-state index contributed by atoms with van der Waals surface area (Å²) in [6.07, 6.45) is 0. The van der Waals surface area contributed by atoms with Crippen LogP contribution in [0.1, 0.15) is 0 Å². The minimum Gasteiger partial charge on any atom is -0.278 e. The molecule has 3 nitrogen and oxygen atoms in total. The number of hydrogen-bond donors (Lipinski definition) is 0. The molecule has 44 heavy (non-hydrogen) atoms. The van der Waals surface area contributed by atoms with E-state index in [0.717, 1.165) is 32.5 Å². The van der Waals surface area contributed by atoms with Gasteiger partial charge in [0.2, 0.25) is 5.95 Å². The van der Waals surface area contributed by atoms with Crippen LogP contribution in [0, 0.1) is 0 Å². The fraction of sp³-hybridized carbons (Fsp3) is 0. The van der Waals surface area contributed by atoms with Crippen LogP contribution in [0.2, 0.25) is 0 Å². The first-order valence-corrected chi connectivity index (χ1v) is 15.7. The van der Waals surface area contributed by atoms with Crippen LogP contribution in [0.4, 0.5) is 0 Å². The molecule has 3 aromatic heterocycles. The van der Waals surface area contributed by atoms with E-state index in [1.807, 2.05) is 0 Å². The summed E-state index contributed by atoms with van der Waals surface area (Å²) in [5, 5.41) is 12.4. The van der Waals surface area contributed by atoms with Gasteiger partial charge in [0.05, 0.1) is 16.7 Å². The third kappa shape index (κ3) is 3.26. The summed E-state index contributed by atoms with van der Waals surface area (Å²) in [5.74, 6) is 0.694. The lowest BCUT2D eigenvalue weighted by Gasteiger charge is -2.11. The summed E-state index contributed by atoms with van der Waals surface area (Å²) >= 11 is 1.73. The summed E-state index contributed by atoms with van der Waals surface area (Å²) in [7, 11) is 0. The van der Waals surface area contributed by atoms with Crippen LogP contribution in [0.15, 0.2) is 140 Å². The smallest absolute Gasteiger partial charge is 0.236 e. The molecule has 0 atom stereocenters. The Morgan fingerprint density at radius 2 is 1.11 bits per heavy atom. The molecule has 0 fully saturated rings. The second-order valence-corrected chi connectivity index (χ2v) is 12.4. The molecule has 204 valence electrons. The van der Waals surface area contributed by atoms with Gasteiger partial charge in [-0.1, -0.05) is 121 Å². The highest BCUT2D eigenvalue weighted by molar-refractivity contribution is 7.25. The van der Waals surface area contributed by atoms with Crippen LogP contribution in [0.25, 0.3) is 91.6 Å². The van der Waals surface area contributed by atoms with Gasteiger partial charge in [-0.15, -0.1) is 11.3 Å². The van der Waals surface area contributed by atoms with E-state index < -0.39 is 0 Å². The molecule has 0 aliphatic rings. The van der Waals surface area contributed by atoms with Gasteiger partial charge < -0.3 is 0 Å². The van der Waals surface area contributed by atoms with Gasteiger partial charge in [-0.3, -0.25) is 4.57 Å². The molecular weight excluding hydrogens is 555 g/mol. The molecular formula is C40H23N3S. The van der Waals surface area contributed by atoms with Crippen molar-refractivity contribution in [3.05, 3.63) is 140 Å². The van der Waals surface area contributed by atoms with Gasteiger partial charge in [0.15, 0.2) is 0 Å². The van der Waals surface area contributed by atoms with Crippen molar-refractivity contribution in [3.8, 4) is 17.2 Å². The zero-order valence-electron chi connectivity index (χ0n) is 23.5. The van der Waals surface area contributed by atoms with Crippen LogP contribution in [0.3, 0.4) is 0 Å². The number of rotatable bonds is 2. The molecule has 0 bridgehead atoms. The number of nitrogens with zero attached hydrogens (tertiary/aromatic N) is 3. The lowest BCUT2D eigenvalue weighted by Crippen LogP contribution is -2.02. The van der Waals surface area contributed by atoms with Gasteiger partial charge in [0.25, 0.3) is 0 Å². The van der Waals surface area contributed by atoms with Crippen molar-refractivity contribution in [2.75, 3.05) is 0 Å². The molecule has 0 aliphatic heterocycles. The van der Waals surface area contributed by atoms with Crippen molar-refractivity contribution < 1.29 is 0 Å². The number of benzene rings is 7. The Morgan fingerprint density at radius 3 is 2.02 bits per heavy atom. The van der Waals surface area contributed by atoms with Crippen molar-refractivity contribution in [2.24, 2.45) is 0 Å². The van der Waals surface area contributed by atoms with Crippen LogP contribution in [-0.4, -0.2) is 14.5 Å². The molecule has 10 aromatic rings. The quantitative estimate of drug-likeness (QED) is 0.191. The number of thiophene rings is 1. The summed E-state index contributed by atoms with van der Waals surface area (Å²) in [4.78, 5) is 11.6. The maximum Gasteiger partial charge on any atom is 0.236 e. The topological polar surface area (TPSA) is 30.7 Å². The van der Waals surface area contributed by atoms with E-state index in [0.29, 0.717) is 5.95 Å². The number of hydrogen-bond acceptors (Lipinski definition) is 3. The van der Waals surface area contributed by atoms with E-state index in [4.69, 9.17) is 9.97 Å². The summed E-state index contributed by atoms with van der Waals surface area (Å²) in [6, 6.07) is 50.0. The Balaban J connectivity index is 1.35. The number of aromatic nitrogens is 3. The Morgan fingerprint density at radius 1 is 0.432 bits per heavy atom. The van der Waals surface area contributed by atoms with Crippen molar-refractivity contribution in [1.29, 1.82) is 0 Å². The van der Waals surface area contributed by atoms with E-state index in [1.54, 1.807) is 11.3 Å². The molecule has 0 unspecified atom stereocenters. The monoisotopic (exact) mass is 577 g/mol. The zero-order valence-corrected chi connectivity index (χ0v) is 24.3. The van der Waals surface area contributed by atoms with Crippen molar-refractivity contribution >= 4 is 85.8 Å². The molecule has 10 rings (SSSR count). The summed E-state index contributed by atoms with van der Waals surface area (Å²) in [5.41, 5.74) is 4.27. The van der Waals surface area contributed by atoms with Crippen molar-refractivity contribution in [3.63, 3.8) is 0 Å². The summed E-state index contributed by atoms with van der Waals surface area (Å²) in [6.45, 7) is 0. The molecule has 7 aromatic carbocycles. The summed E-state index contributed by atoms with van der Waals surface area (Å²) < 4.78 is 3.48. The Bertz CT molecular complexity index is 2770. The van der Waals surface area contributed by atoms with Crippen LogP contribution in [-0.2, 0) is 0 Å². The highest BCUT2D eigenvalue weighted by atomic mass is 32.1. The van der Waals surface area contributed by atoms with E-state index in [2.05, 4.69) is 144 Å². The largest absolute Gasteiger partial charge is 0.278 e. The van der Waals surface area contributed by atoms with Crippen LogP contribution < -0.4 is 0 Å². The second-order valence-electron chi connectivity index (χ2n) is 11.4. The SMILES string of the molecule is c1ccc(-c2nc(-n3c4ccccc4c4c5ccc6ccc7ccccc7c6c5ccc43)nc3sc4ccccc4c23)cc1. The van der Waals surface area contributed by atoms with E-state index in [1.165, 1.54) is 53.2 Å². The first kappa shape index (κ1) is 23.9. The van der Waals surface area contributed by atoms with E-state index >= 15 is 0 Å². The molecule has 0 saturated heterocycles. The lowest BCUT2D eigenvalue weighted by atomic mass is 9.94. The van der Waals surface area contributed by atoms with Crippen LogP contribution >= 0.6 is 11.3 Å². The van der Waals surface area contributed by atoms with Gasteiger partial charge in [-0.2, -0.15) is 0 Å². The standard InChI is InChI=1S/C40H23N3S/c1-2-11-26(12-3-1)38-37-31-15-7-9-17-34(31)44-39(37)42-40(41-38)43-32-16-8-6-14-30(32)36-29-21-20-25-19-18-24-10-4-5-13-27(24)35(25)28(29)22-23-33(36)43/h1-23H. The predicted octanol–water partition coefficient (Wildman–Crippen LogP) is 11.1. The Kier molecular flexibility index (Phi) is 4.87. The van der Waals surface area contributed by atoms with Gasteiger partial charge in [0, 0.05) is 31.8 Å². The van der Waals surface area contributed by atoms with Gasteiger partial charge in [0.1, 0.15) is 4.83 Å². The van der Waals surface area contributed by atoms with Gasteiger partial charge in [-0.05, 0) is 50.5 Å². The minimum absolute atomic E-state index is 0.694. The average molecular weight is 578 g/mol. The molecule has 0 aliphatic carbocycles. The molecule has 0 saturated carbocycles. The van der Waals surface area contributed by atoms with Crippen molar-refractivity contribution in [1.82, 2.24) is 14.5 Å². The number of fused-ring (bicyclic) bond motifs is 12. The average Bonchev–Trinajstić information content (AvgIpc) is 3.63. The van der Waals surface area contributed by atoms with Gasteiger partial charge >= 0.3 is 0 Å². The van der Waals surface area contributed by atoms with Crippen molar-refractivity contribution in [2.45, 2.75) is 0 Å². The first-order valence-electron chi connectivity index (χ1n) is 14.8. The third-order valence-corrected chi connectivity index (χ3v) is 10.1.